The van der Waals surface area contributed by atoms with Gasteiger partial charge in [-0.1, -0.05) is 0 Å². The van der Waals surface area contributed by atoms with Crippen molar-refractivity contribution in [3.8, 4) is 0 Å². The normalized spacial score (nSPS) is 10.7. The first-order valence-electron chi connectivity index (χ1n) is 5.77. The molecular formula is C13H13N3O3S. The maximum atomic E-state index is 11.4. The van der Waals surface area contributed by atoms with Crippen LogP contribution in [0.2, 0.25) is 0 Å². The number of hydrogen-bond acceptors (Lipinski definition) is 5. The summed E-state index contributed by atoms with van der Waals surface area (Å²) in [6.07, 6.45) is 5.07. The Hall–Kier alpha value is -2.41. The number of thiazole rings is 1. The highest BCUT2D eigenvalue weighted by Gasteiger charge is 2.08. The van der Waals surface area contributed by atoms with Crippen molar-refractivity contribution in [3.05, 3.63) is 39.6 Å². The Morgan fingerprint density at radius 1 is 1.40 bits per heavy atom. The molecule has 0 bridgehead atoms. The summed E-state index contributed by atoms with van der Waals surface area (Å²) in [6.45, 7) is 0. The third-order valence-electron chi connectivity index (χ3n) is 2.49. The van der Waals surface area contributed by atoms with Crippen LogP contribution in [-0.4, -0.2) is 36.0 Å². The summed E-state index contributed by atoms with van der Waals surface area (Å²) in [6, 6.07) is 3.40. The van der Waals surface area contributed by atoms with Gasteiger partial charge in [0.15, 0.2) is 0 Å². The molecule has 20 heavy (non-hydrogen) atoms. The van der Waals surface area contributed by atoms with Crippen LogP contribution in [0.5, 0.6) is 0 Å². The van der Waals surface area contributed by atoms with Gasteiger partial charge in [-0.3, -0.25) is 4.79 Å². The minimum absolute atomic E-state index is 0.157. The topological polar surface area (TPSA) is 84.1 Å². The van der Waals surface area contributed by atoms with E-state index < -0.39 is 5.97 Å². The molecular weight excluding hydrogens is 278 g/mol. The van der Waals surface area contributed by atoms with Gasteiger partial charge in [-0.2, -0.15) is 0 Å². The van der Waals surface area contributed by atoms with E-state index in [2.05, 4.69) is 20.0 Å². The lowest BCUT2D eigenvalue weighted by Crippen LogP contribution is -2.16. The number of carbonyl (C=O) groups excluding carboxylic acids is 2. The van der Waals surface area contributed by atoms with E-state index in [1.54, 1.807) is 31.3 Å². The standard InChI is InChI=1S/C13H13N3O3S/c1-14-12(17)10-7-15-11(20-10)6-4-8-3-5-9(16-8)13(18)19-2/h3-7,16H,1-2H3,(H,14,17)/b6-4+. The quantitative estimate of drug-likeness (QED) is 0.841. The zero-order valence-corrected chi connectivity index (χ0v) is 11.8. The molecule has 2 rings (SSSR count). The summed E-state index contributed by atoms with van der Waals surface area (Å²) in [5.74, 6) is -0.573. The monoisotopic (exact) mass is 291 g/mol. The fourth-order valence-corrected chi connectivity index (χ4v) is 2.26. The number of H-pyrrole nitrogens is 1. The minimum atomic E-state index is -0.416. The summed E-state index contributed by atoms with van der Waals surface area (Å²) >= 11 is 1.29. The van der Waals surface area contributed by atoms with Crippen LogP contribution in [0.4, 0.5) is 0 Å². The SMILES string of the molecule is CNC(=O)c1cnc(/C=C/c2ccc(C(=O)OC)[nH]2)s1. The van der Waals surface area contributed by atoms with Gasteiger partial charge in [-0.15, -0.1) is 11.3 Å². The van der Waals surface area contributed by atoms with Gasteiger partial charge < -0.3 is 15.0 Å². The summed E-state index contributed by atoms with van der Waals surface area (Å²) < 4.78 is 4.61. The summed E-state index contributed by atoms with van der Waals surface area (Å²) in [7, 11) is 2.90. The predicted octanol–water partition coefficient (Wildman–Crippen LogP) is 1.79. The van der Waals surface area contributed by atoms with Crippen molar-refractivity contribution in [2.75, 3.05) is 14.2 Å². The number of esters is 1. The van der Waals surface area contributed by atoms with Gasteiger partial charge in [0.05, 0.1) is 13.3 Å². The Bertz CT molecular complexity index is 601. The van der Waals surface area contributed by atoms with Crippen LogP contribution in [0.25, 0.3) is 12.2 Å². The lowest BCUT2D eigenvalue weighted by Gasteiger charge is -1.93. The Kier molecular flexibility index (Phi) is 4.31. The molecule has 2 aromatic rings. The third-order valence-corrected chi connectivity index (χ3v) is 3.46. The molecule has 0 unspecified atom stereocenters. The van der Waals surface area contributed by atoms with Gasteiger partial charge in [0.25, 0.3) is 5.91 Å². The zero-order chi connectivity index (χ0) is 14.5. The van der Waals surface area contributed by atoms with Crippen LogP contribution < -0.4 is 5.32 Å². The number of methoxy groups -OCH3 is 1. The Labute approximate surface area is 119 Å². The second-order valence-electron chi connectivity index (χ2n) is 3.79. The fourth-order valence-electron chi connectivity index (χ4n) is 1.49. The van der Waals surface area contributed by atoms with Gasteiger partial charge in [-0.05, 0) is 24.3 Å². The van der Waals surface area contributed by atoms with E-state index in [9.17, 15) is 9.59 Å². The molecule has 0 aromatic carbocycles. The van der Waals surface area contributed by atoms with Crippen molar-refractivity contribution in [2.45, 2.75) is 0 Å². The molecule has 0 fully saturated rings. The van der Waals surface area contributed by atoms with Gasteiger partial charge in [0.1, 0.15) is 15.6 Å². The number of nitrogens with zero attached hydrogens (tertiary/aromatic N) is 1. The first kappa shape index (κ1) is 14.0. The second-order valence-corrected chi connectivity index (χ2v) is 4.86. The Morgan fingerprint density at radius 3 is 2.90 bits per heavy atom. The molecule has 0 spiro atoms. The second kappa shape index (κ2) is 6.16. The number of amides is 1. The van der Waals surface area contributed by atoms with Crippen LogP contribution >= 0.6 is 11.3 Å². The molecule has 0 aliphatic heterocycles. The molecule has 0 saturated heterocycles. The molecule has 0 saturated carbocycles. The van der Waals surface area contributed by atoms with Crippen molar-refractivity contribution in [2.24, 2.45) is 0 Å². The summed E-state index contributed by atoms with van der Waals surface area (Å²) in [4.78, 5) is 30.3. The lowest BCUT2D eigenvalue weighted by atomic mass is 10.4. The average Bonchev–Trinajstić information content (AvgIpc) is 3.12. The number of nitrogens with one attached hydrogen (secondary N) is 2. The maximum Gasteiger partial charge on any atom is 0.354 e. The van der Waals surface area contributed by atoms with Crippen LogP contribution in [0, 0.1) is 0 Å². The van der Waals surface area contributed by atoms with Crippen LogP contribution in [0.15, 0.2) is 18.3 Å². The van der Waals surface area contributed by atoms with Crippen molar-refractivity contribution in [3.63, 3.8) is 0 Å². The van der Waals surface area contributed by atoms with Crippen LogP contribution in [0.1, 0.15) is 30.9 Å². The molecule has 6 nitrogen and oxygen atoms in total. The van der Waals surface area contributed by atoms with Gasteiger partial charge in [0.2, 0.25) is 0 Å². The van der Waals surface area contributed by atoms with E-state index in [0.29, 0.717) is 15.6 Å². The highest BCUT2D eigenvalue weighted by Crippen LogP contribution is 2.16. The molecule has 1 amide bonds. The maximum absolute atomic E-state index is 11.4. The number of aromatic amines is 1. The first-order chi connectivity index (χ1) is 9.63. The molecule has 2 N–H and O–H groups in total. The number of hydrogen-bond donors (Lipinski definition) is 2. The zero-order valence-electron chi connectivity index (χ0n) is 11.0. The van der Waals surface area contributed by atoms with Crippen molar-refractivity contribution in [1.82, 2.24) is 15.3 Å². The minimum Gasteiger partial charge on any atom is -0.464 e. The van der Waals surface area contributed by atoms with Crippen molar-refractivity contribution >= 4 is 35.4 Å². The molecule has 0 aliphatic carbocycles. The largest absolute Gasteiger partial charge is 0.464 e. The molecule has 2 aromatic heterocycles. The predicted molar refractivity (Wildman–Crippen MR) is 76.6 cm³/mol. The highest BCUT2D eigenvalue weighted by atomic mass is 32.1. The van der Waals surface area contributed by atoms with Crippen LogP contribution in [-0.2, 0) is 4.74 Å². The molecule has 7 heteroatoms. The van der Waals surface area contributed by atoms with Crippen molar-refractivity contribution in [1.29, 1.82) is 0 Å². The number of ether oxygens (including phenoxy) is 1. The number of carbonyl (C=O) groups is 2. The van der Waals surface area contributed by atoms with E-state index in [0.717, 1.165) is 5.69 Å². The van der Waals surface area contributed by atoms with Gasteiger partial charge in [-0.25, -0.2) is 9.78 Å². The summed E-state index contributed by atoms with van der Waals surface area (Å²) in [5, 5.41) is 3.25. The lowest BCUT2D eigenvalue weighted by molar-refractivity contribution is 0.0594. The van der Waals surface area contributed by atoms with Gasteiger partial charge >= 0.3 is 5.97 Å². The molecule has 2 heterocycles. The van der Waals surface area contributed by atoms with Crippen LogP contribution in [0.3, 0.4) is 0 Å². The average molecular weight is 291 g/mol. The summed E-state index contributed by atoms with van der Waals surface area (Å²) in [5.41, 5.74) is 1.14. The van der Waals surface area contributed by atoms with Gasteiger partial charge in [0, 0.05) is 12.7 Å². The van der Waals surface area contributed by atoms with E-state index in [-0.39, 0.29) is 5.91 Å². The Balaban J connectivity index is 2.09. The fraction of sp³-hybridized carbons (Fsp3) is 0.154. The third kappa shape index (κ3) is 3.12. The first-order valence-corrected chi connectivity index (χ1v) is 6.59. The Morgan fingerprint density at radius 2 is 2.20 bits per heavy atom. The van der Waals surface area contributed by atoms with E-state index in [4.69, 9.17) is 0 Å². The number of aromatic nitrogens is 2. The highest BCUT2D eigenvalue weighted by molar-refractivity contribution is 7.14. The molecule has 104 valence electrons. The number of rotatable bonds is 4. The molecule has 0 atom stereocenters. The molecule has 0 radical (unpaired) electrons. The van der Waals surface area contributed by atoms with Crippen molar-refractivity contribution < 1.29 is 14.3 Å². The van der Waals surface area contributed by atoms with E-state index in [1.165, 1.54) is 24.6 Å². The molecule has 0 aliphatic rings. The van der Waals surface area contributed by atoms with E-state index >= 15 is 0 Å². The van der Waals surface area contributed by atoms with E-state index in [1.807, 2.05) is 0 Å². The smallest absolute Gasteiger partial charge is 0.354 e.